The maximum Gasteiger partial charge on any atom is 0.307 e. The second-order valence-corrected chi connectivity index (χ2v) is 3.95. The molecule has 4 unspecified atom stereocenters. The van der Waals surface area contributed by atoms with Crippen LogP contribution in [0, 0.1) is 23.7 Å². The van der Waals surface area contributed by atoms with Gasteiger partial charge < -0.3 is 5.11 Å². The molecule has 0 amide bonds. The van der Waals surface area contributed by atoms with E-state index in [1.54, 1.807) is 0 Å². The lowest BCUT2D eigenvalue weighted by molar-refractivity contribution is -0.147. The van der Waals surface area contributed by atoms with Crippen LogP contribution in [0.4, 0.5) is 0 Å². The van der Waals surface area contributed by atoms with Crippen molar-refractivity contribution in [2.75, 3.05) is 0 Å². The van der Waals surface area contributed by atoms with Gasteiger partial charge in [-0.05, 0) is 25.2 Å². The number of ketones is 1. The van der Waals surface area contributed by atoms with E-state index in [4.69, 9.17) is 5.11 Å². The Bertz CT molecular complexity index is 265. The summed E-state index contributed by atoms with van der Waals surface area (Å²) in [5.41, 5.74) is 0. The summed E-state index contributed by atoms with van der Waals surface area (Å²) in [4.78, 5) is 22.2. The van der Waals surface area contributed by atoms with Gasteiger partial charge in [-0.2, -0.15) is 0 Å². The van der Waals surface area contributed by atoms with E-state index in [0.717, 1.165) is 6.42 Å². The van der Waals surface area contributed by atoms with Crippen LogP contribution < -0.4 is 0 Å². The lowest BCUT2D eigenvalue weighted by Crippen LogP contribution is -2.31. The van der Waals surface area contributed by atoms with E-state index in [2.05, 4.69) is 0 Å². The lowest BCUT2D eigenvalue weighted by Gasteiger charge is -2.21. The number of allylic oxidation sites excluding steroid dienone is 2. The Labute approximate surface area is 76.4 Å². The third kappa shape index (κ3) is 1.10. The van der Waals surface area contributed by atoms with E-state index in [1.165, 1.54) is 6.92 Å². The molecule has 2 aliphatic carbocycles. The van der Waals surface area contributed by atoms with Crippen LogP contribution in [-0.2, 0) is 9.59 Å². The fourth-order valence-corrected chi connectivity index (χ4v) is 2.71. The summed E-state index contributed by atoms with van der Waals surface area (Å²) in [6.45, 7) is 1.50. The first-order chi connectivity index (χ1) is 6.11. The Morgan fingerprint density at radius 1 is 1.23 bits per heavy atom. The first-order valence-electron chi connectivity index (χ1n) is 4.53. The fourth-order valence-electron chi connectivity index (χ4n) is 2.71. The highest BCUT2D eigenvalue weighted by atomic mass is 16.4. The largest absolute Gasteiger partial charge is 0.481 e. The molecule has 2 rings (SSSR count). The third-order valence-electron chi connectivity index (χ3n) is 3.21. The lowest BCUT2D eigenvalue weighted by atomic mass is 9.81. The predicted molar refractivity (Wildman–Crippen MR) is 46.0 cm³/mol. The Kier molecular flexibility index (Phi) is 1.75. The zero-order chi connectivity index (χ0) is 9.59. The van der Waals surface area contributed by atoms with Gasteiger partial charge in [0.15, 0.2) is 0 Å². The third-order valence-corrected chi connectivity index (χ3v) is 3.21. The smallest absolute Gasteiger partial charge is 0.307 e. The highest BCUT2D eigenvalue weighted by molar-refractivity contribution is 5.86. The van der Waals surface area contributed by atoms with E-state index in [1.807, 2.05) is 12.2 Å². The van der Waals surface area contributed by atoms with Crippen LogP contribution in [0.1, 0.15) is 13.3 Å². The van der Waals surface area contributed by atoms with E-state index < -0.39 is 11.9 Å². The summed E-state index contributed by atoms with van der Waals surface area (Å²) in [6, 6.07) is 0. The number of carbonyl (C=O) groups is 2. The highest BCUT2D eigenvalue weighted by Gasteiger charge is 2.50. The van der Waals surface area contributed by atoms with Gasteiger partial charge in [0.2, 0.25) is 0 Å². The van der Waals surface area contributed by atoms with Gasteiger partial charge in [0, 0.05) is 5.92 Å². The molecule has 0 aromatic rings. The van der Waals surface area contributed by atoms with Crippen LogP contribution >= 0.6 is 0 Å². The van der Waals surface area contributed by atoms with Crippen molar-refractivity contribution in [1.82, 2.24) is 0 Å². The Morgan fingerprint density at radius 2 is 1.77 bits per heavy atom. The van der Waals surface area contributed by atoms with Gasteiger partial charge in [-0.3, -0.25) is 9.59 Å². The quantitative estimate of drug-likeness (QED) is 0.647. The molecule has 0 radical (unpaired) electrons. The molecule has 0 aromatic heterocycles. The van der Waals surface area contributed by atoms with Crippen LogP contribution in [0.25, 0.3) is 0 Å². The molecule has 3 nitrogen and oxygen atoms in total. The van der Waals surface area contributed by atoms with Crippen molar-refractivity contribution in [3.05, 3.63) is 12.2 Å². The van der Waals surface area contributed by atoms with Crippen molar-refractivity contribution in [2.45, 2.75) is 13.3 Å². The van der Waals surface area contributed by atoms with Crippen LogP contribution in [0.2, 0.25) is 0 Å². The molecule has 2 aliphatic rings. The van der Waals surface area contributed by atoms with Crippen molar-refractivity contribution in [3.8, 4) is 0 Å². The average molecular weight is 180 g/mol. The molecule has 0 spiro atoms. The van der Waals surface area contributed by atoms with E-state index in [-0.39, 0.29) is 23.5 Å². The first kappa shape index (κ1) is 8.48. The molecule has 2 bridgehead atoms. The van der Waals surface area contributed by atoms with Crippen molar-refractivity contribution in [1.29, 1.82) is 0 Å². The predicted octanol–water partition coefficient (Wildman–Crippen LogP) is 1.10. The molecule has 0 heterocycles. The van der Waals surface area contributed by atoms with Crippen LogP contribution in [0.5, 0.6) is 0 Å². The minimum absolute atomic E-state index is 0.0178. The number of fused-ring (bicyclic) bond motifs is 2. The van der Waals surface area contributed by atoms with Crippen molar-refractivity contribution >= 4 is 11.8 Å². The second-order valence-electron chi connectivity index (χ2n) is 3.95. The molecule has 1 fully saturated rings. The number of carbonyl (C=O) groups excluding carboxylic acids is 1. The standard InChI is InChI=1S/C10H12O3/c1-5(11)8-6-2-3-7(4-6)9(8)10(12)13/h2-3,6-9H,4H2,1H3,(H,12,13). The van der Waals surface area contributed by atoms with Gasteiger partial charge in [-0.25, -0.2) is 0 Å². The minimum atomic E-state index is -0.822. The van der Waals surface area contributed by atoms with E-state index in [0.29, 0.717) is 0 Å². The first-order valence-corrected chi connectivity index (χ1v) is 4.53. The van der Waals surface area contributed by atoms with Gasteiger partial charge in [0.1, 0.15) is 5.78 Å². The Hall–Kier alpha value is -1.12. The maximum absolute atomic E-state index is 11.3. The number of carboxylic acids is 1. The molecule has 0 saturated heterocycles. The summed E-state index contributed by atoms with van der Waals surface area (Å²) in [5, 5.41) is 8.97. The summed E-state index contributed by atoms with van der Waals surface area (Å²) in [6.07, 6.45) is 4.79. The zero-order valence-electron chi connectivity index (χ0n) is 7.43. The van der Waals surface area contributed by atoms with Gasteiger partial charge in [-0.1, -0.05) is 12.2 Å². The van der Waals surface area contributed by atoms with Crippen LogP contribution in [0.3, 0.4) is 0 Å². The minimum Gasteiger partial charge on any atom is -0.481 e. The fraction of sp³-hybridized carbons (Fsp3) is 0.600. The van der Waals surface area contributed by atoms with Crippen molar-refractivity contribution in [2.24, 2.45) is 23.7 Å². The molecule has 1 saturated carbocycles. The zero-order valence-corrected chi connectivity index (χ0v) is 7.43. The normalized spacial score (nSPS) is 41.0. The van der Waals surface area contributed by atoms with Gasteiger partial charge >= 0.3 is 5.97 Å². The van der Waals surface area contributed by atoms with Crippen molar-refractivity contribution in [3.63, 3.8) is 0 Å². The molecular weight excluding hydrogens is 168 g/mol. The molecule has 0 aromatic carbocycles. The number of rotatable bonds is 2. The van der Waals surface area contributed by atoms with Gasteiger partial charge in [0.05, 0.1) is 5.92 Å². The van der Waals surface area contributed by atoms with Gasteiger partial charge in [-0.15, -0.1) is 0 Å². The maximum atomic E-state index is 11.3. The molecule has 4 atom stereocenters. The number of carboxylic acid groups (broad SMARTS) is 1. The summed E-state index contributed by atoms with van der Waals surface area (Å²) in [5.74, 6) is -1.26. The van der Waals surface area contributed by atoms with E-state index in [9.17, 15) is 9.59 Å². The number of hydrogen-bond donors (Lipinski definition) is 1. The molecule has 0 aliphatic heterocycles. The number of aliphatic carboxylic acids is 1. The Morgan fingerprint density at radius 3 is 2.15 bits per heavy atom. The van der Waals surface area contributed by atoms with Crippen molar-refractivity contribution < 1.29 is 14.7 Å². The monoisotopic (exact) mass is 180 g/mol. The summed E-state index contributed by atoms with van der Waals surface area (Å²) in [7, 11) is 0. The van der Waals surface area contributed by atoms with Crippen LogP contribution in [0.15, 0.2) is 12.2 Å². The average Bonchev–Trinajstić information content (AvgIpc) is 2.60. The number of Topliss-reactive ketones (excluding diaryl/α,β-unsaturated/α-hetero) is 1. The molecule has 70 valence electrons. The second kappa shape index (κ2) is 2.69. The number of hydrogen-bond acceptors (Lipinski definition) is 2. The SMILES string of the molecule is CC(=O)C1C2C=CC(C2)C1C(=O)O. The Balaban J connectivity index is 2.30. The van der Waals surface area contributed by atoms with Gasteiger partial charge in [0.25, 0.3) is 0 Å². The summed E-state index contributed by atoms with van der Waals surface area (Å²) >= 11 is 0. The van der Waals surface area contributed by atoms with E-state index >= 15 is 0 Å². The summed E-state index contributed by atoms with van der Waals surface area (Å²) < 4.78 is 0. The molecular formula is C10H12O3. The molecule has 1 N–H and O–H groups in total. The molecule has 3 heteroatoms. The van der Waals surface area contributed by atoms with Crippen LogP contribution in [-0.4, -0.2) is 16.9 Å². The highest BCUT2D eigenvalue weighted by Crippen LogP contribution is 2.48. The topological polar surface area (TPSA) is 54.4 Å². The molecule has 13 heavy (non-hydrogen) atoms.